The molecule has 1 saturated heterocycles. The van der Waals surface area contributed by atoms with Crippen molar-refractivity contribution >= 4 is 11.6 Å². The van der Waals surface area contributed by atoms with Crippen molar-refractivity contribution in [1.29, 1.82) is 0 Å². The van der Waals surface area contributed by atoms with E-state index in [1.165, 1.54) is 12.0 Å². The molecule has 0 saturated carbocycles. The van der Waals surface area contributed by atoms with Gasteiger partial charge in [-0.1, -0.05) is 30.7 Å². The van der Waals surface area contributed by atoms with Crippen molar-refractivity contribution in [2.24, 2.45) is 5.10 Å². The molecule has 2 heterocycles. The molecule has 1 atom stereocenters. The Labute approximate surface area is 184 Å². The Balaban J connectivity index is 1.66. The van der Waals surface area contributed by atoms with Crippen molar-refractivity contribution in [3.63, 3.8) is 0 Å². The van der Waals surface area contributed by atoms with Crippen LogP contribution < -0.4 is 9.47 Å². The van der Waals surface area contributed by atoms with Crippen molar-refractivity contribution in [3.8, 4) is 11.5 Å². The summed E-state index contributed by atoms with van der Waals surface area (Å²) in [4.78, 5) is 15.6. The van der Waals surface area contributed by atoms with E-state index in [9.17, 15) is 4.79 Å². The number of amides is 1. The Hall–Kier alpha value is -2.86. The molecule has 0 unspecified atom stereocenters. The fraction of sp³-hybridized carbons (Fsp3) is 0.440. The van der Waals surface area contributed by atoms with Crippen molar-refractivity contribution in [2.75, 3.05) is 33.9 Å². The number of piperidine rings is 1. The largest absolute Gasteiger partial charge is 0.497 e. The zero-order chi connectivity index (χ0) is 21.8. The number of ether oxygens (including phenoxy) is 2. The van der Waals surface area contributed by atoms with Gasteiger partial charge in [0.1, 0.15) is 11.5 Å². The molecule has 2 aliphatic rings. The fourth-order valence-electron chi connectivity index (χ4n) is 4.52. The van der Waals surface area contributed by atoms with Crippen LogP contribution in [0.2, 0.25) is 0 Å². The van der Waals surface area contributed by atoms with Crippen molar-refractivity contribution in [2.45, 2.75) is 38.6 Å². The predicted molar refractivity (Wildman–Crippen MR) is 122 cm³/mol. The van der Waals surface area contributed by atoms with Crippen LogP contribution in [0.5, 0.6) is 11.5 Å². The van der Waals surface area contributed by atoms with Gasteiger partial charge in [0.2, 0.25) is 0 Å². The number of hydrazone groups is 1. The molecule has 0 aromatic heterocycles. The second-order valence-corrected chi connectivity index (χ2v) is 8.26. The molecular weight excluding hydrogens is 390 g/mol. The molecule has 0 aliphatic carbocycles. The minimum atomic E-state index is -0.111. The molecule has 0 radical (unpaired) electrons. The van der Waals surface area contributed by atoms with Gasteiger partial charge in [-0.3, -0.25) is 9.69 Å². The molecule has 164 valence electrons. The molecule has 0 bridgehead atoms. The summed E-state index contributed by atoms with van der Waals surface area (Å²) >= 11 is 0. The zero-order valence-electron chi connectivity index (χ0n) is 18.6. The first-order chi connectivity index (χ1) is 15.1. The first-order valence-electron chi connectivity index (χ1n) is 11.0. The molecule has 4 rings (SSSR count). The number of rotatable bonds is 6. The van der Waals surface area contributed by atoms with E-state index in [0.29, 0.717) is 18.7 Å². The third-order valence-corrected chi connectivity index (χ3v) is 6.24. The predicted octanol–water partition coefficient (Wildman–Crippen LogP) is 4.18. The number of benzene rings is 2. The Kier molecular flexibility index (Phi) is 6.56. The second-order valence-electron chi connectivity index (χ2n) is 8.26. The van der Waals surface area contributed by atoms with E-state index < -0.39 is 0 Å². The van der Waals surface area contributed by atoms with Gasteiger partial charge in [0, 0.05) is 18.1 Å². The highest BCUT2D eigenvalue weighted by Gasteiger charge is 2.35. The monoisotopic (exact) mass is 421 g/mol. The van der Waals surface area contributed by atoms with Gasteiger partial charge in [-0.2, -0.15) is 5.10 Å². The molecule has 2 aromatic carbocycles. The minimum Gasteiger partial charge on any atom is -0.497 e. The smallest absolute Gasteiger partial charge is 0.257 e. The lowest BCUT2D eigenvalue weighted by molar-refractivity contribution is -0.134. The van der Waals surface area contributed by atoms with Gasteiger partial charge in [-0.05, 0) is 56.1 Å². The van der Waals surface area contributed by atoms with Crippen LogP contribution >= 0.6 is 0 Å². The summed E-state index contributed by atoms with van der Waals surface area (Å²) < 4.78 is 10.9. The summed E-state index contributed by atoms with van der Waals surface area (Å²) in [6, 6.07) is 13.9. The van der Waals surface area contributed by atoms with Crippen LogP contribution in [0.15, 0.2) is 47.6 Å². The summed E-state index contributed by atoms with van der Waals surface area (Å²) in [5.41, 5.74) is 4.07. The standard InChI is InChI=1S/C25H31N3O3/c1-18-9-5-6-10-20(18)23-16-22(21-12-11-19(30-2)15-24(21)31-3)26-28(23)25(29)17-27-13-7-4-8-14-27/h5-6,9-12,15,23H,4,7-8,13-14,16-17H2,1-3H3/t23-/m1/s1. The van der Waals surface area contributed by atoms with Gasteiger partial charge in [0.15, 0.2) is 0 Å². The van der Waals surface area contributed by atoms with E-state index in [4.69, 9.17) is 14.6 Å². The molecule has 6 heteroatoms. The third-order valence-electron chi connectivity index (χ3n) is 6.24. The summed E-state index contributed by atoms with van der Waals surface area (Å²) in [6.45, 7) is 4.47. The van der Waals surface area contributed by atoms with Gasteiger partial charge >= 0.3 is 0 Å². The number of nitrogens with zero attached hydrogens (tertiary/aromatic N) is 3. The normalized spacial score (nSPS) is 19.3. The maximum absolute atomic E-state index is 13.4. The maximum atomic E-state index is 13.4. The quantitative estimate of drug-likeness (QED) is 0.702. The van der Waals surface area contributed by atoms with Gasteiger partial charge in [-0.15, -0.1) is 0 Å². The van der Waals surface area contributed by atoms with Crippen molar-refractivity contribution in [3.05, 3.63) is 59.2 Å². The van der Waals surface area contributed by atoms with Crippen LogP contribution in [-0.4, -0.2) is 55.4 Å². The average molecular weight is 422 g/mol. The molecule has 6 nitrogen and oxygen atoms in total. The lowest BCUT2D eigenvalue weighted by Crippen LogP contribution is -2.40. The number of hydrogen-bond donors (Lipinski definition) is 0. The summed E-state index contributed by atoms with van der Waals surface area (Å²) in [6.07, 6.45) is 4.22. The Morgan fingerprint density at radius 2 is 1.84 bits per heavy atom. The van der Waals surface area contributed by atoms with Crippen LogP contribution in [0, 0.1) is 6.92 Å². The number of hydrogen-bond acceptors (Lipinski definition) is 5. The highest BCUT2D eigenvalue weighted by molar-refractivity contribution is 6.05. The topological polar surface area (TPSA) is 54.4 Å². The molecule has 0 spiro atoms. The number of carbonyl (C=O) groups excluding carboxylic acids is 1. The minimum absolute atomic E-state index is 0.0534. The summed E-state index contributed by atoms with van der Waals surface area (Å²) in [7, 11) is 3.28. The van der Waals surface area contributed by atoms with Crippen LogP contribution in [0.4, 0.5) is 0 Å². The van der Waals surface area contributed by atoms with Crippen LogP contribution in [0.3, 0.4) is 0 Å². The molecule has 1 fully saturated rings. The first kappa shape index (κ1) is 21.4. The van der Waals surface area contributed by atoms with E-state index in [-0.39, 0.29) is 11.9 Å². The number of carbonyl (C=O) groups is 1. The lowest BCUT2D eigenvalue weighted by Gasteiger charge is -2.29. The van der Waals surface area contributed by atoms with E-state index in [2.05, 4.69) is 24.0 Å². The van der Waals surface area contributed by atoms with Gasteiger partial charge < -0.3 is 9.47 Å². The summed E-state index contributed by atoms with van der Waals surface area (Å²) in [5.74, 6) is 1.48. The molecular formula is C25H31N3O3. The summed E-state index contributed by atoms with van der Waals surface area (Å²) in [5, 5.41) is 6.54. The fourth-order valence-corrected chi connectivity index (χ4v) is 4.52. The molecule has 0 N–H and O–H groups in total. The average Bonchev–Trinajstić information content (AvgIpc) is 3.24. The molecule has 2 aromatic rings. The molecule has 1 amide bonds. The molecule has 31 heavy (non-hydrogen) atoms. The Bertz CT molecular complexity index is 966. The number of methoxy groups -OCH3 is 2. The second kappa shape index (κ2) is 9.52. The first-order valence-corrected chi connectivity index (χ1v) is 11.0. The number of likely N-dealkylation sites (tertiary alicyclic amines) is 1. The van der Waals surface area contributed by atoms with Crippen molar-refractivity contribution in [1.82, 2.24) is 9.91 Å². The molecule has 2 aliphatic heterocycles. The van der Waals surface area contributed by atoms with E-state index in [1.807, 2.05) is 30.3 Å². The van der Waals surface area contributed by atoms with Crippen molar-refractivity contribution < 1.29 is 14.3 Å². The van der Waals surface area contributed by atoms with E-state index >= 15 is 0 Å². The van der Waals surface area contributed by atoms with Gasteiger partial charge in [-0.25, -0.2) is 5.01 Å². The lowest BCUT2D eigenvalue weighted by atomic mass is 9.95. The SMILES string of the molecule is COc1ccc(C2=NN(C(=O)CN3CCCCC3)[C@@H](c3ccccc3C)C2)c(OC)c1. The van der Waals surface area contributed by atoms with Crippen LogP contribution in [0.1, 0.15) is 48.4 Å². The van der Waals surface area contributed by atoms with E-state index in [0.717, 1.165) is 48.5 Å². The highest BCUT2D eigenvalue weighted by Crippen LogP contribution is 2.37. The highest BCUT2D eigenvalue weighted by atomic mass is 16.5. The van der Waals surface area contributed by atoms with Gasteiger partial charge in [0.05, 0.1) is 32.5 Å². The third kappa shape index (κ3) is 4.59. The van der Waals surface area contributed by atoms with Crippen LogP contribution in [0.25, 0.3) is 0 Å². The van der Waals surface area contributed by atoms with E-state index in [1.54, 1.807) is 19.2 Å². The van der Waals surface area contributed by atoms with Gasteiger partial charge in [0.25, 0.3) is 5.91 Å². The maximum Gasteiger partial charge on any atom is 0.257 e. The zero-order valence-corrected chi connectivity index (χ0v) is 18.6. The van der Waals surface area contributed by atoms with Crippen LogP contribution in [-0.2, 0) is 4.79 Å². The number of aryl methyl sites for hydroxylation is 1. The Morgan fingerprint density at radius 1 is 1.06 bits per heavy atom. The Morgan fingerprint density at radius 3 is 2.55 bits per heavy atom.